The molecule has 0 saturated heterocycles. The topological polar surface area (TPSA) is 90.2 Å². The summed E-state index contributed by atoms with van der Waals surface area (Å²) in [6.45, 7) is 2.11. The molecule has 0 aliphatic carbocycles. The van der Waals surface area contributed by atoms with Crippen molar-refractivity contribution < 1.29 is 0 Å². The molecule has 7 heteroatoms. The third-order valence-electron chi connectivity index (χ3n) is 13.2. The number of hydrogen-bond acceptors (Lipinski definition) is 7. The molecule has 0 fully saturated rings. The van der Waals surface area contributed by atoms with E-state index in [1.54, 1.807) is 0 Å². The fourth-order valence-corrected chi connectivity index (χ4v) is 9.48. The van der Waals surface area contributed by atoms with E-state index in [1.165, 1.54) is 11.1 Å². The number of rotatable bonds is 13. The molecule has 0 saturated carbocycles. The van der Waals surface area contributed by atoms with Gasteiger partial charge in [-0.15, -0.1) is 0 Å². The highest BCUT2D eigenvalue weighted by Crippen LogP contribution is 2.33. The molecule has 9 aromatic carbocycles. The van der Waals surface area contributed by atoms with E-state index in [0.717, 1.165) is 89.5 Å². The van der Waals surface area contributed by atoms with E-state index in [0.29, 0.717) is 42.0 Å². The maximum absolute atomic E-state index is 5.29. The van der Waals surface area contributed by atoms with Gasteiger partial charge < -0.3 is 0 Å². The van der Waals surface area contributed by atoms with E-state index in [2.05, 4.69) is 177 Å². The molecule has 12 rings (SSSR count). The predicted molar refractivity (Wildman–Crippen MR) is 303 cm³/mol. The first kappa shape index (κ1) is 46.2. The van der Waals surface area contributed by atoms with E-state index in [-0.39, 0.29) is 0 Å². The Bertz CT molecular complexity index is 3900. The fourth-order valence-electron chi connectivity index (χ4n) is 9.48. The summed E-state index contributed by atoms with van der Waals surface area (Å²) in [5, 5.41) is 0. The van der Waals surface area contributed by atoms with E-state index < -0.39 is 0 Å². The molecule has 3 heterocycles. The lowest BCUT2D eigenvalue weighted by Gasteiger charge is -2.12. The molecule has 75 heavy (non-hydrogen) atoms. The molecular weight excluding hydrogens is 915 g/mol. The van der Waals surface area contributed by atoms with Crippen LogP contribution in [0.3, 0.4) is 0 Å². The first-order valence-electron chi connectivity index (χ1n) is 25.2. The molecule has 0 aliphatic rings. The molecule has 0 bridgehead atoms. The Morgan fingerprint density at radius 2 is 0.480 bits per heavy atom. The van der Waals surface area contributed by atoms with Crippen LogP contribution in [0.25, 0.3) is 102 Å². The molecule has 12 aromatic rings. The second kappa shape index (κ2) is 21.1. The van der Waals surface area contributed by atoms with Gasteiger partial charge in [0.2, 0.25) is 0 Å². The van der Waals surface area contributed by atoms with E-state index in [9.17, 15) is 0 Å². The average molecular weight is 964 g/mol. The van der Waals surface area contributed by atoms with Gasteiger partial charge in [-0.2, -0.15) is 0 Å². The van der Waals surface area contributed by atoms with Crippen LogP contribution in [0.2, 0.25) is 0 Å². The van der Waals surface area contributed by atoms with Crippen molar-refractivity contribution in [2.24, 2.45) is 0 Å². The summed E-state index contributed by atoms with van der Waals surface area (Å²) in [7, 11) is 0. The van der Waals surface area contributed by atoms with Crippen LogP contribution in [-0.4, -0.2) is 34.9 Å². The molecule has 0 unspecified atom stereocenters. The molecule has 0 radical (unpaired) electrons. The molecule has 3 aromatic heterocycles. The Morgan fingerprint density at radius 3 is 0.867 bits per heavy atom. The normalized spacial score (nSPS) is 11.1. The van der Waals surface area contributed by atoms with Crippen LogP contribution in [0.1, 0.15) is 27.8 Å². The van der Waals surface area contributed by atoms with Crippen LogP contribution >= 0.6 is 0 Å². The van der Waals surface area contributed by atoms with E-state index in [1.807, 2.05) is 84.9 Å². The number of aromatic nitrogens is 7. The van der Waals surface area contributed by atoms with Gasteiger partial charge in [-0.05, 0) is 84.5 Å². The van der Waals surface area contributed by atoms with Crippen LogP contribution in [0.15, 0.2) is 255 Å². The quantitative estimate of drug-likeness (QED) is 0.114. The fraction of sp³-hybridized carbons (Fsp3) is 0.0441. The molecule has 356 valence electrons. The summed E-state index contributed by atoms with van der Waals surface area (Å²) in [5.74, 6) is 3.27. The number of aryl methyl sites for hydroxylation is 1. The van der Waals surface area contributed by atoms with Gasteiger partial charge in [-0.1, -0.05) is 218 Å². The Morgan fingerprint density at radius 1 is 0.213 bits per heavy atom. The summed E-state index contributed by atoms with van der Waals surface area (Å²) in [6.07, 6.45) is 1.42. The van der Waals surface area contributed by atoms with Crippen molar-refractivity contribution in [2.75, 3.05) is 0 Å². The smallest absolute Gasteiger partial charge is 0.164 e. The van der Waals surface area contributed by atoms with Crippen LogP contribution in [0.5, 0.6) is 0 Å². The molecule has 0 atom stereocenters. The van der Waals surface area contributed by atoms with Gasteiger partial charge >= 0.3 is 0 Å². The van der Waals surface area contributed by atoms with Crippen molar-refractivity contribution in [3.8, 4) is 102 Å². The second-order valence-electron chi connectivity index (χ2n) is 18.7. The largest absolute Gasteiger partial charge is 0.228 e. The highest BCUT2D eigenvalue weighted by atomic mass is 15.0. The SMILES string of the molecule is Cc1cccc(-c2cc(-c3cccc(Cc4cccc(-c5nc(-c6ccccc6)cc(-c6cccc(Cc7cccc(-c8nc(-c9ccccc9)nc(-c9ccccc9)n8)c7)c6)n5)c4)c3)nc(-c3ccccc3)n2)c1. The first-order valence-corrected chi connectivity index (χ1v) is 25.2. The van der Waals surface area contributed by atoms with Crippen molar-refractivity contribution >= 4 is 0 Å². The zero-order valence-corrected chi connectivity index (χ0v) is 41.3. The highest BCUT2D eigenvalue weighted by Gasteiger charge is 2.16. The van der Waals surface area contributed by atoms with Crippen molar-refractivity contribution in [3.05, 3.63) is 283 Å². The van der Waals surface area contributed by atoms with Gasteiger partial charge in [0.1, 0.15) is 0 Å². The minimum Gasteiger partial charge on any atom is -0.228 e. The van der Waals surface area contributed by atoms with Gasteiger partial charge in [0.05, 0.1) is 22.8 Å². The zero-order chi connectivity index (χ0) is 50.3. The van der Waals surface area contributed by atoms with Crippen LogP contribution < -0.4 is 0 Å². The van der Waals surface area contributed by atoms with Gasteiger partial charge in [-0.25, -0.2) is 34.9 Å². The Kier molecular flexibility index (Phi) is 13.0. The van der Waals surface area contributed by atoms with Crippen LogP contribution in [0, 0.1) is 6.92 Å². The lowest BCUT2D eigenvalue weighted by molar-refractivity contribution is 1.07. The van der Waals surface area contributed by atoms with E-state index in [4.69, 9.17) is 34.9 Å². The third-order valence-corrected chi connectivity index (χ3v) is 13.2. The molecule has 7 nitrogen and oxygen atoms in total. The summed E-state index contributed by atoms with van der Waals surface area (Å²) < 4.78 is 0. The monoisotopic (exact) mass is 963 g/mol. The van der Waals surface area contributed by atoms with Gasteiger partial charge in [-0.3, -0.25) is 0 Å². The Hall–Kier alpha value is -9.85. The van der Waals surface area contributed by atoms with Crippen molar-refractivity contribution in [3.63, 3.8) is 0 Å². The Labute approximate surface area is 437 Å². The van der Waals surface area contributed by atoms with Crippen molar-refractivity contribution in [1.82, 2.24) is 34.9 Å². The lowest BCUT2D eigenvalue weighted by atomic mass is 9.98. The van der Waals surface area contributed by atoms with Crippen molar-refractivity contribution in [2.45, 2.75) is 19.8 Å². The summed E-state index contributed by atoms with van der Waals surface area (Å²) in [4.78, 5) is 35.6. The highest BCUT2D eigenvalue weighted by molar-refractivity contribution is 5.75. The number of hydrogen-bond donors (Lipinski definition) is 0. The maximum atomic E-state index is 5.29. The van der Waals surface area contributed by atoms with Crippen LogP contribution in [-0.2, 0) is 12.8 Å². The predicted octanol–water partition coefficient (Wildman–Crippen LogP) is 15.9. The maximum Gasteiger partial charge on any atom is 0.164 e. The lowest BCUT2D eigenvalue weighted by Crippen LogP contribution is -2.00. The second-order valence-corrected chi connectivity index (χ2v) is 18.7. The molecule has 0 spiro atoms. The minimum absolute atomic E-state index is 0.630. The van der Waals surface area contributed by atoms with Gasteiger partial charge in [0.15, 0.2) is 29.1 Å². The number of benzene rings is 9. The molecular formula is C68H49N7. The summed E-state index contributed by atoms with van der Waals surface area (Å²) >= 11 is 0. The van der Waals surface area contributed by atoms with Crippen molar-refractivity contribution in [1.29, 1.82) is 0 Å². The first-order chi connectivity index (χ1) is 37.0. The average Bonchev–Trinajstić information content (AvgIpc) is 3.48. The third kappa shape index (κ3) is 10.7. The summed E-state index contributed by atoms with van der Waals surface area (Å²) in [6, 6.07) is 87.8. The zero-order valence-electron chi connectivity index (χ0n) is 41.3. The van der Waals surface area contributed by atoms with E-state index >= 15 is 0 Å². The number of nitrogens with zero attached hydrogens (tertiary/aromatic N) is 7. The molecule has 0 amide bonds. The minimum atomic E-state index is 0.630. The van der Waals surface area contributed by atoms with Crippen LogP contribution in [0.4, 0.5) is 0 Å². The summed E-state index contributed by atoms with van der Waals surface area (Å²) in [5.41, 5.74) is 18.2. The van der Waals surface area contributed by atoms with Gasteiger partial charge in [0.25, 0.3) is 0 Å². The standard InChI is InChI=1S/C68H49N7/c1-46-19-14-32-55(37-46)61-45-63(71-64(70-61)52-26-8-3-9-27-52)57-34-16-21-47(41-57)38-49-22-17-35-58(42-49)67-69-60(51-24-6-2-7-25-51)44-62(72-67)56-33-15-20-48(40-56)39-50-23-18-36-59(43-50)68-74-65(53-28-10-4-11-29-53)73-66(75-68)54-30-12-5-13-31-54/h2-37,40-45H,38-39H2,1H3. The molecule has 0 N–H and O–H groups in total. The Balaban J connectivity index is 0.842. The molecule has 0 aliphatic heterocycles. The van der Waals surface area contributed by atoms with Gasteiger partial charge in [0, 0.05) is 50.1 Å².